The van der Waals surface area contributed by atoms with Crippen LogP contribution in [-0.2, 0) is 24.2 Å². The number of aliphatic imine (C=N–C) groups is 1. The number of hydrogen-bond donors (Lipinski definition) is 1. The van der Waals surface area contributed by atoms with Crippen LogP contribution in [-0.4, -0.2) is 58.5 Å². The predicted molar refractivity (Wildman–Crippen MR) is 127 cm³/mol. The molecule has 0 radical (unpaired) electrons. The number of hydrogen-bond acceptors (Lipinski definition) is 4. The maximum absolute atomic E-state index is 5.74. The van der Waals surface area contributed by atoms with E-state index in [-0.39, 0.29) is 30.1 Å². The fourth-order valence-electron chi connectivity index (χ4n) is 3.43. The molecule has 0 bridgehead atoms. The Balaban J connectivity index is 0.00000300. The van der Waals surface area contributed by atoms with Crippen molar-refractivity contribution in [3.05, 3.63) is 47.5 Å². The zero-order chi connectivity index (χ0) is 19.8. The van der Waals surface area contributed by atoms with Gasteiger partial charge in [0, 0.05) is 39.7 Å². The molecule has 1 aliphatic heterocycles. The molecule has 3 rings (SSSR count). The molecule has 1 aromatic carbocycles. The van der Waals surface area contributed by atoms with E-state index in [2.05, 4.69) is 70.1 Å². The molecule has 0 aliphatic carbocycles. The normalized spacial score (nSPS) is 16.5. The van der Waals surface area contributed by atoms with Crippen LogP contribution in [0.5, 0.6) is 0 Å². The molecule has 1 saturated heterocycles. The van der Waals surface area contributed by atoms with Crippen molar-refractivity contribution in [3.8, 4) is 0 Å². The van der Waals surface area contributed by atoms with Gasteiger partial charge in [-0.15, -0.1) is 34.2 Å². The van der Waals surface area contributed by atoms with Crippen LogP contribution in [0.25, 0.3) is 0 Å². The highest BCUT2D eigenvalue weighted by atomic mass is 127. The van der Waals surface area contributed by atoms with Gasteiger partial charge >= 0.3 is 0 Å². The second-order valence-electron chi connectivity index (χ2n) is 7.30. The highest BCUT2D eigenvalue weighted by molar-refractivity contribution is 14.0. The van der Waals surface area contributed by atoms with Gasteiger partial charge in [0.15, 0.2) is 5.96 Å². The monoisotopic (exact) mass is 512 g/mol. The molecule has 1 aromatic heterocycles. The van der Waals surface area contributed by atoms with Gasteiger partial charge in [-0.05, 0) is 30.9 Å². The molecule has 1 aliphatic rings. The Morgan fingerprint density at radius 2 is 2.21 bits per heavy atom. The number of guanidine groups is 1. The van der Waals surface area contributed by atoms with Crippen molar-refractivity contribution < 1.29 is 4.74 Å². The van der Waals surface area contributed by atoms with Crippen LogP contribution in [0.4, 0.5) is 0 Å². The summed E-state index contributed by atoms with van der Waals surface area (Å²) < 4.78 is 7.83. The summed E-state index contributed by atoms with van der Waals surface area (Å²) >= 11 is 0. The molecular formula is C21H33IN6O. The number of nitrogens with zero attached hydrogens (tertiary/aromatic N) is 5. The molecule has 1 unspecified atom stereocenters. The molecule has 2 heterocycles. The quantitative estimate of drug-likeness (QED) is 0.335. The molecule has 0 spiro atoms. The van der Waals surface area contributed by atoms with Gasteiger partial charge in [0.25, 0.3) is 0 Å². The first-order valence-corrected chi connectivity index (χ1v) is 10.2. The molecule has 160 valence electrons. The average Bonchev–Trinajstić information content (AvgIpc) is 3.37. The van der Waals surface area contributed by atoms with E-state index < -0.39 is 0 Å². The summed E-state index contributed by atoms with van der Waals surface area (Å²) in [6, 6.07) is 8.49. The third-order valence-corrected chi connectivity index (χ3v) is 5.15. The topological polar surface area (TPSA) is 67.6 Å². The fourth-order valence-corrected chi connectivity index (χ4v) is 3.43. The van der Waals surface area contributed by atoms with E-state index in [1.807, 2.05) is 0 Å². The summed E-state index contributed by atoms with van der Waals surface area (Å²) in [7, 11) is 2.09. The van der Waals surface area contributed by atoms with Gasteiger partial charge in [-0.3, -0.25) is 4.99 Å². The number of ether oxygens (including phenoxy) is 1. The molecule has 8 heteroatoms. The minimum absolute atomic E-state index is 0. The number of nitrogens with one attached hydrogen (secondary N) is 1. The summed E-state index contributed by atoms with van der Waals surface area (Å²) in [6.07, 6.45) is 5.15. The largest absolute Gasteiger partial charge is 0.376 e. The van der Waals surface area contributed by atoms with Gasteiger partial charge in [-0.25, -0.2) is 0 Å². The van der Waals surface area contributed by atoms with Crippen LogP contribution in [0, 0.1) is 6.92 Å². The van der Waals surface area contributed by atoms with E-state index in [0.717, 1.165) is 57.3 Å². The second-order valence-corrected chi connectivity index (χ2v) is 7.30. The van der Waals surface area contributed by atoms with Gasteiger partial charge in [-0.1, -0.05) is 31.2 Å². The minimum atomic E-state index is 0. The van der Waals surface area contributed by atoms with Crippen molar-refractivity contribution in [1.29, 1.82) is 0 Å². The number of benzene rings is 1. The summed E-state index contributed by atoms with van der Waals surface area (Å²) in [6.45, 7) is 8.21. The van der Waals surface area contributed by atoms with Crippen molar-refractivity contribution in [2.24, 2.45) is 4.99 Å². The number of aromatic nitrogens is 3. The molecule has 2 aromatic rings. The van der Waals surface area contributed by atoms with Gasteiger partial charge in [0.1, 0.15) is 12.2 Å². The first-order valence-electron chi connectivity index (χ1n) is 10.2. The van der Waals surface area contributed by atoms with Crippen molar-refractivity contribution in [2.75, 3.05) is 26.7 Å². The Bertz CT molecular complexity index is 772. The van der Waals surface area contributed by atoms with Crippen LogP contribution < -0.4 is 5.32 Å². The lowest BCUT2D eigenvalue weighted by molar-refractivity contribution is 0.117. The van der Waals surface area contributed by atoms with Crippen LogP contribution in [0.3, 0.4) is 0 Å². The minimum Gasteiger partial charge on any atom is -0.376 e. The summed E-state index contributed by atoms with van der Waals surface area (Å²) in [5.74, 6) is 1.91. The van der Waals surface area contributed by atoms with E-state index in [1.54, 1.807) is 6.33 Å². The zero-order valence-corrected chi connectivity index (χ0v) is 20.0. The molecule has 0 amide bonds. The number of rotatable bonds is 8. The summed E-state index contributed by atoms with van der Waals surface area (Å²) in [5.41, 5.74) is 2.61. The SMILES string of the molecule is CCc1nncn1CCNC(=NCC1CCCO1)N(C)Cc1ccccc1C.I. The fraction of sp³-hybridized carbons (Fsp3) is 0.571. The maximum atomic E-state index is 5.74. The van der Waals surface area contributed by atoms with Gasteiger partial charge in [0.2, 0.25) is 0 Å². The molecular weight excluding hydrogens is 479 g/mol. The van der Waals surface area contributed by atoms with Gasteiger partial charge < -0.3 is 19.5 Å². The molecule has 1 fully saturated rings. The first-order chi connectivity index (χ1) is 13.7. The summed E-state index contributed by atoms with van der Waals surface area (Å²) in [5, 5.41) is 11.7. The maximum Gasteiger partial charge on any atom is 0.194 e. The van der Waals surface area contributed by atoms with Gasteiger partial charge in [0.05, 0.1) is 12.6 Å². The van der Waals surface area contributed by atoms with E-state index in [0.29, 0.717) is 6.54 Å². The Morgan fingerprint density at radius 1 is 1.38 bits per heavy atom. The molecule has 1 atom stereocenters. The van der Waals surface area contributed by atoms with E-state index >= 15 is 0 Å². The first kappa shape index (κ1) is 23.6. The highest BCUT2D eigenvalue weighted by Crippen LogP contribution is 2.13. The van der Waals surface area contributed by atoms with E-state index in [9.17, 15) is 0 Å². The lowest BCUT2D eigenvalue weighted by Gasteiger charge is -2.24. The Labute approximate surface area is 191 Å². The molecule has 7 nitrogen and oxygen atoms in total. The molecule has 0 saturated carbocycles. The Morgan fingerprint density at radius 3 is 2.93 bits per heavy atom. The molecule has 1 N–H and O–H groups in total. The third kappa shape index (κ3) is 6.95. The van der Waals surface area contributed by atoms with Crippen LogP contribution in [0.15, 0.2) is 35.6 Å². The van der Waals surface area contributed by atoms with Crippen molar-refractivity contribution in [2.45, 2.75) is 52.3 Å². The van der Waals surface area contributed by atoms with Crippen molar-refractivity contribution >= 4 is 29.9 Å². The lowest BCUT2D eigenvalue weighted by Crippen LogP contribution is -2.40. The number of halogens is 1. The highest BCUT2D eigenvalue weighted by Gasteiger charge is 2.16. The number of aryl methyl sites for hydroxylation is 2. The average molecular weight is 512 g/mol. The predicted octanol–water partition coefficient (Wildman–Crippen LogP) is 3.02. The van der Waals surface area contributed by atoms with Crippen LogP contribution >= 0.6 is 24.0 Å². The van der Waals surface area contributed by atoms with Gasteiger partial charge in [-0.2, -0.15) is 0 Å². The smallest absolute Gasteiger partial charge is 0.194 e. The van der Waals surface area contributed by atoms with E-state index in [1.165, 1.54) is 11.1 Å². The second kappa shape index (κ2) is 12.1. The summed E-state index contributed by atoms with van der Waals surface area (Å²) in [4.78, 5) is 7.04. The Hall–Kier alpha value is -1.68. The third-order valence-electron chi connectivity index (χ3n) is 5.15. The van der Waals surface area contributed by atoms with Crippen LogP contribution in [0.2, 0.25) is 0 Å². The van der Waals surface area contributed by atoms with Crippen molar-refractivity contribution in [3.63, 3.8) is 0 Å². The van der Waals surface area contributed by atoms with Crippen molar-refractivity contribution in [1.82, 2.24) is 25.0 Å². The van der Waals surface area contributed by atoms with E-state index in [4.69, 9.17) is 9.73 Å². The lowest BCUT2D eigenvalue weighted by atomic mass is 10.1. The zero-order valence-electron chi connectivity index (χ0n) is 17.7. The van der Waals surface area contributed by atoms with Crippen LogP contribution in [0.1, 0.15) is 36.7 Å². The molecule has 29 heavy (non-hydrogen) atoms. The standard InChI is InChI=1S/C21H32N6O.HI/c1-4-20-25-24-16-27(20)12-11-22-21(23-14-19-10-7-13-28-19)26(3)15-18-9-6-5-8-17(18)2;/h5-6,8-9,16,19H,4,7,10-15H2,1-3H3,(H,22,23);1H. The Kier molecular flexibility index (Phi) is 9.86.